The summed E-state index contributed by atoms with van der Waals surface area (Å²) in [4.78, 5) is 12.6. The van der Waals surface area contributed by atoms with Gasteiger partial charge in [0.15, 0.2) is 0 Å². The van der Waals surface area contributed by atoms with Crippen LogP contribution in [0.3, 0.4) is 0 Å². The molecule has 199 valence electrons. The lowest BCUT2D eigenvalue weighted by atomic mass is 9.90. The molecule has 0 atom stereocenters. The van der Waals surface area contributed by atoms with Crippen LogP contribution in [0.15, 0.2) is 91.8 Å². The van der Waals surface area contributed by atoms with Gasteiger partial charge in [-0.1, -0.05) is 0 Å². The Labute approximate surface area is 233 Å². The van der Waals surface area contributed by atoms with E-state index in [4.69, 9.17) is 15.3 Å². The highest BCUT2D eigenvalue weighted by atomic mass is 15.5. The van der Waals surface area contributed by atoms with E-state index in [0.717, 1.165) is 50.9 Å². The van der Waals surface area contributed by atoms with E-state index in [9.17, 15) is 0 Å². The summed E-state index contributed by atoms with van der Waals surface area (Å²) < 4.78 is 6.21. The second-order valence-electron chi connectivity index (χ2n) is 10.1. The van der Waals surface area contributed by atoms with Gasteiger partial charge in [0.25, 0.3) is 7.12 Å². The van der Waals surface area contributed by atoms with Gasteiger partial charge in [0.2, 0.25) is 0 Å². The molecule has 0 spiro atoms. The van der Waals surface area contributed by atoms with E-state index in [1.54, 1.807) is 0 Å². The van der Waals surface area contributed by atoms with Gasteiger partial charge in [0.05, 0.1) is 17.1 Å². The number of pyridine rings is 3. The number of hydrogen-bond donors (Lipinski definition) is 0. The van der Waals surface area contributed by atoms with Crippen LogP contribution < -0.4 is 0 Å². The fraction of sp³-hybridized carbons (Fsp3) is 0.200. The molecule has 0 fully saturated rings. The summed E-state index contributed by atoms with van der Waals surface area (Å²) in [6, 6.07) is 18.7. The summed E-state index contributed by atoms with van der Waals surface area (Å²) in [7, 11) is -0.443. The quantitative estimate of drug-likeness (QED) is 0.263. The zero-order chi connectivity index (χ0) is 27.5. The molecule has 0 aliphatic rings. The highest BCUT2D eigenvalue weighted by Gasteiger charge is 2.21. The summed E-state index contributed by atoms with van der Waals surface area (Å²) in [6.07, 6.45) is 13.1. The summed E-state index contributed by atoms with van der Waals surface area (Å²) >= 11 is 0. The Bertz CT molecular complexity index is 1500. The molecule has 6 heterocycles. The molecule has 0 saturated heterocycles. The number of aryl methyl sites for hydroxylation is 3. The Morgan fingerprint density at radius 1 is 0.475 bits per heavy atom. The molecule has 10 heteroatoms. The predicted octanol–water partition coefficient (Wildman–Crippen LogP) is 4.09. The van der Waals surface area contributed by atoms with Crippen molar-refractivity contribution in [2.24, 2.45) is 0 Å². The summed E-state index contributed by atoms with van der Waals surface area (Å²) in [5.41, 5.74) is 9.51. The van der Waals surface area contributed by atoms with Gasteiger partial charge < -0.3 is 13.8 Å². The monoisotopic (exact) mass is 527 g/mol. The first-order chi connectivity index (χ1) is 19.5. The Hall–Kier alpha value is -4.86. The maximum absolute atomic E-state index is 5.03. The van der Waals surface area contributed by atoms with Crippen LogP contribution >= 0.6 is 0 Å². The van der Waals surface area contributed by atoms with Crippen LogP contribution in [0.5, 0.6) is 0 Å². The van der Waals surface area contributed by atoms with E-state index in [1.807, 2.05) is 94.4 Å². The minimum absolute atomic E-state index is 0.443. The lowest BCUT2D eigenvalue weighted by Gasteiger charge is -2.35. The highest BCUT2D eigenvalue weighted by Crippen LogP contribution is 2.19. The molecule has 0 amide bonds. The first kappa shape index (κ1) is 25.4. The zero-order valence-electron chi connectivity index (χ0n) is 22.9. The molecule has 0 N–H and O–H groups in total. The first-order valence-corrected chi connectivity index (χ1v) is 13.4. The molecule has 1 radical (unpaired) electrons. The Morgan fingerprint density at radius 3 is 1.02 bits per heavy atom. The summed E-state index contributed by atoms with van der Waals surface area (Å²) in [5, 5.41) is 15.1. The van der Waals surface area contributed by atoms with E-state index < -0.39 is 7.12 Å². The van der Waals surface area contributed by atoms with Gasteiger partial charge >= 0.3 is 0 Å². The molecule has 0 bridgehead atoms. The molecule has 6 aromatic rings. The Kier molecular flexibility index (Phi) is 7.05. The molecule has 6 rings (SSSR count). The number of rotatable bonds is 9. The average molecular weight is 527 g/mol. The standard InChI is InChI=1S/C30H30BN9/c1-22-16-28(19-25-4-10-32-11-5-25)38(35-22)31(39-29(17-23(2)36-39)20-26-6-12-33-13-7-26)40-30(18-24(3)37-40)21-27-8-14-34-15-9-27/h4-18H,19-21H2,1-3H3/q-1. The molecular weight excluding hydrogens is 497 g/mol. The van der Waals surface area contributed by atoms with Crippen molar-refractivity contribution < 1.29 is 0 Å². The average Bonchev–Trinajstić information content (AvgIpc) is 3.62. The molecule has 0 unspecified atom stereocenters. The van der Waals surface area contributed by atoms with Gasteiger partial charge in [-0.15, -0.1) is 0 Å². The van der Waals surface area contributed by atoms with Crippen molar-refractivity contribution in [1.29, 1.82) is 0 Å². The van der Waals surface area contributed by atoms with E-state index in [2.05, 4.69) is 46.9 Å². The smallest absolute Gasteiger partial charge is 0.261 e. The molecule has 0 aromatic carbocycles. The van der Waals surface area contributed by atoms with Crippen LogP contribution in [0.25, 0.3) is 0 Å². The topological polar surface area (TPSA) is 92.1 Å². The van der Waals surface area contributed by atoms with Crippen molar-refractivity contribution in [2.45, 2.75) is 40.0 Å². The predicted molar refractivity (Wildman–Crippen MR) is 154 cm³/mol. The Morgan fingerprint density at radius 2 is 0.750 bits per heavy atom. The van der Waals surface area contributed by atoms with Crippen molar-refractivity contribution in [3.05, 3.63) is 143 Å². The molecule has 0 saturated carbocycles. The van der Waals surface area contributed by atoms with Crippen LogP contribution in [0, 0.1) is 20.8 Å². The van der Waals surface area contributed by atoms with Crippen LogP contribution in [-0.2, 0) is 19.3 Å². The SMILES string of the molecule is Cc1cc(Cc2ccncc2)n([B-](n2nc(C)cc2Cc2ccncc2)n2nc(C)cc2Cc2ccncc2)n1. The third kappa shape index (κ3) is 5.47. The van der Waals surface area contributed by atoms with Gasteiger partial charge in [-0.05, 0) is 92.1 Å². The van der Waals surface area contributed by atoms with Crippen molar-refractivity contribution >= 4 is 7.12 Å². The fourth-order valence-corrected chi connectivity index (χ4v) is 5.15. The number of nitrogens with zero attached hydrogens (tertiary/aromatic N) is 9. The minimum Gasteiger partial charge on any atom is -0.422 e. The third-order valence-electron chi connectivity index (χ3n) is 6.87. The van der Waals surface area contributed by atoms with Crippen LogP contribution in [0.2, 0.25) is 0 Å². The Balaban J connectivity index is 1.52. The van der Waals surface area contributed by atoms with Crippen LogP contribution in [-0.4, -0.2) is 51.1 Å². The fourth-order valence-electron chi connectivity index (χ4n) is 5.15. The van der Waals surface area contributed by atoms with Crippen LogP contribution in [0.4, 0.5) is 0 Å². The maximum Gasteiger partial charge on any atom is 0.261 e. The van der Waals surface area contributed by atoms with Gasteiger partial charge in [0, 0.05) is 73.5 Å². The van der Waals surface area contributed by atoms with Crippen molar-refractivity contribution in [2.75, 3.05) is 0 Å². The second kappa shape index (κ2) is 11.1. The first-order valence-electron chi connectivity index (χ1n) is 13.4. The summed E-state index contributed by atoms with van der Waals surface area (Å²) in [5.74, 6) is 0. The van der Waals surface area contributed by atoms with Gasteiger partial charge in [-0.25, -0.2) is 15.3 Å². The molecule has 40 heavy (non-hydrogen) atoms. The number of hydrogen-bond acceptors (Lipinski definition) is 6. The molecule has 6 aromatic heterocycles. The lowest BCUT2D eigenvalue weighted by molar-refractivity contribution is 0.714. The van der Waals surface area contributed by atoms with E-state index in [0.29, 0.717) is 19.3 Å². The maximum atomic E-state index is 5.03. The second-order valence-corrected chi connectivity index (χ2v) is 10.1. The lowest BCUT2D eigenvalue weighted by Crippen LogP contribution is -2.46. The molecule has 9 nitrogen and oxygen atoms in total. The van der Waals surface area contributed by atoms with Crippen LogP contribution in [0.1, 0.15) is 50.9 Å². The largest absolute Gasteiger partial charge is 0.422 e. The number of aromatic nitrogens is 9. The zero-order valence-corrected chi connectivity index (χ0v) is 22.9. The van der Waals surface area contributed by atoms with Crippen molar-refractivity contribution in [3.63, 3.8) is 0 Å². The molecule has 0 aliphatic heterocycles. The minimum atomic E-state index is -0.443. The molecule has 0 aliphatic carbocycles. The van der Waals surface area contributed by atoms with E-state index in [1.165, 1.54) is 0 Å². The third-order valence-corrected chi connectivity index (χ3v) is 6.87. The molecular formula is C30H30BN9-. The van der Waals surface area contributed by atoms with Gasteiger partial charge in [-0.2, -0.15) is 0 Å². The highest BCUT2D eigenvalue weighted by molar-refractivity contribution is 6.53. The van der Waals surface area contributed by atoms with Gasteiger partial charge in [0.1, 0.15) is 0 Å². The summed E-state index contributed by atoms with van der Waals surface area (Å²) in [6.45, 7) is 6.09. The van der Waals surface area contributed by atoms with Crippen molar-refractivity contribution in [3.8, 4) is 0 Å². The van der Waals surface area contributed by atoms with Gasteiger partial charge in [-0.3, -0.25) is 15.0 Å². The van der Waals surface area contributed by atoms with E-state index in [-0.39, 0.29) is 0 Å². The normalized spacial score (nSPS) is 11.4. The van der Waals surface area contributed by atoms with E-state index >= 15 is 0 Å². The van der Waals surface area contributed by atoms with Crippen molar-refractivity contribution in [1.82, 2.24) is 44.0 Å².